The molecule has 4 N–H and O–H groups in total. The summed E-state index contributed by atoms with van der Waals surface area (Å²) in [6, 6.07) is 2.24. The monoisotopic (exact) mass is 375 g/mol. The first-order valence-electron chi connectivity index (χ1n) is 7.33. The molecular weight excluding hydrogens is 358 g/mol. The summed E-state index contributed by atoms with van der Waals surface area (Å²) in [5, 5.41) is 0. The van der Waals surface area contributed by atoms with Gasteiger partial charge in [-0.3, -0.25) is 9.79 Å². The van der Waals surface area contributed by atoms with Crippen molar-refractivity contribution in [3.05, 3.63) is 46.4 Å². The molecule has 0 saturated carbocycles. The second kappa shape index (κ2) is 8.45. The molecule has 1 aromatic carbocycles. The second-order valence-electron chi connectivity index (χ2n) is 5.08. The van der Waals surface area contributed by atoms with E-state index in [0.29, 0.717) is 6.07 Å². The third kappa shape index (κ3) is 5.04. The first kappa shape index (κ1) is 21.1. The molecular formula is C16H17F4N3O3. The van der Waals surface area contributed by atoms with Crippen LogP contribution in [0.5, 0.6) is 0 Å². The number of benzene rings is 1. The molecule has 0 aliphatic rings. The fraction of sp³-hybridized carbons (Fsp3) is 0.312. The number of amidine groups is 1. The van der Waals surface area contributed by atoms with Gasteiger partial charge in [0, 0.05) is 12.2 Å². The van der Waals surface area contributed by atoms with Crippen LogP contribution in [0.1, 0.15) is 29.8 Å². The number of carbonyl (C=O) groups is 2. The van der Waals surface area contributed by atoms with E-state index in [-0.39, 0.29) is 23.7 Å². The van der Waals surface area contributed by atoms with Crippen molar-refractivity contribution in [3.63, 3.8) is 0 Å². The number of halogens is 4. The van der Waals surface area contributed by atoms with Gasteiger partial charge in [-0.1, -0.05) is 6.07 Å². The van der Waals surface area contributed by atoms with Crippen molar-refractivity contribution in [2.45, 2.75) is 20.0 Å². The summed E-state index contributed by atoms with van der Waals surface area (Å²) in [7, 11) is 0. The lowest BCUT2D eigenvalue weighted by molar-refractivity contribution is -0.140. The molecule has 1 rings (SSSR count). The van der Waals surface area contributed by atoms with Gasteiger partial charge in [0.2, 0.25) is 5.78 Å². The Hall–Kier alpha value is -2.91. The molecule has 26 heavy (non-hydrogen) atoms. The number of ketones is 1. The molecule has 1 aromatic rings. The Bertz CT molecular complexity index is 766. The normalized spacial score (nSPS) is 13.2. The third-order valence-corrected chi connectivity index (χ3v) is 3.12. The number of esters is 1. The predicted molar refractivity (Wildman–Crippen MR) is 85.7 cm³/mol. The van der Waals surface area contributed by atoms with Crippen LogP contribution in [0.4, 0.5) is 17.6 Å². The zero-order valence-corrected chi connectivity index (χ0v) is 14.0. The van der Waals surface area contributed by atoms with Crippen LogP contribution in [0.25, 0.3) is 0 Å². The Morgan fingerprint density at radius 1 is 1.23 bits per heavy atom. The van der Waals surface area contributed by atoms with Crippen molar-refractivity contribution in [2.75, 3.05) is 13.2 Å². The van der Waals surface area contributed by atoms with E-state index in [9.17, 15) is 27.2 Å². The van der Waals surface area contributed by atoms with Crippen molar-refractivity contribution in [2.24, 2.45) is 16.5 Å². The summed E-state index contributed by atoms with van der Waals surface area (Å²) in [5.74, 6) is -4.20. The zero-order chi connectivity index (χ0) is 20.1. The minimum atomic E-state index is -4.96. The largest absolute Gasteiger partial charge is 0.454 e. The third-order valence-electron chi connectivity index (χ3n) is 3.12. The molecule has 0 aliphatic carbocycles. The van der Waals surface area contributed by atoms with Gasteiger partial charge in [0.05, 0.1) is 11.1 Å². The second-order valence-corrected chi connectivity index (χ2v) is 5.08. The topological polar surface area (TPSA) is 108 Å². The molecule has 0 radical (unpaired) electrons. The number of alkyl halides is 3. The van der Waals surface area contributed by atoms with Crippen LogP contribution in [-0.2, 0) is 15.7 Å². The Morgan fingerprint density at radius 2 is 1.85 bits per heavy atom. The smallest absolute Gasteiger partial charge is 0.419 e. The molecule has 142 valence electrons. The van der Waals surface area contributed by atoms with E-state index in [1.54, 1.807) is 6.92 Å². The summed E-state index contributed by atoms with van der Waals surface area (Å²) >= 11 is 0. The standard InChI is InChI=1S/C16H17F4N3O3/c1-3-23-14(22)12(8(2)21)15(25)26-7-11(24)9-5-4-6-10(13(9)17)16(18,19)20/h4-6H,3,7,21H2,1-2H3,(H2,22,23). The van der Waals surface area contributed by atoms with Crippen molar-refractivity contribution < 1.29 is 31.9 Å². The Balaban J connectivity index is 2.99. The number of Topliss-reactive ketones (excluding diaryl/α,β-unsaturated/α-hetero) is 1. The van der Waals surface area contributed by atoms with Crippen LogP contribution >= 0.6 is 0 Å². The average molecular weight is 375 g/mol. The summed E-state index contributed by atoms with van der Waals surface area (Å²) in [4.78, 5) is 27.7. The van der Waals surface area contributed by atoms with Crippen LogP contribution in [0.2, 0.25) is 0 Å². The highest BCUT2D eigenvalue weighted by atomic mass is 19.4. The Kier molecular flexibility index (Phi) is 6.87. The van der Waals surface area contributed by atoms with E-state index in [4.69, 9.17) is 16.2 Å². The van der Waals surface area contributed by atoms with Crippen molar-refractivity contribution in [1.29, 1.82) is 0 Å². The lowest BCUT2D eigenvalue weighted by Crippen LogP contribution is -2.28. The maximum Gasteiger partial charge on any atom is 0.419 e. The molecule has 0 aromatic heterocycles. The summed E-state index contributed by atoms with van der Waals surface area (Å²) in [5.41, 5.74) is 8.37. The van der Waals surface area contributed by atoms with Gasteiger partial charge in [0.15, 0.2) is 6.61 Å². The van der Waals surface area contributed by atoms with Gasteiger partial charge in [0.25, 0.3) is 0 Å². The van der Waals surface area contributed by atoms with Crippen molar-refractivity contribution in [1.82, 2.24) is 0 Å². The first-order valence-corrected chi connectivity index (χ1v) is 7.33. The molecule has 10 heteroatoms. The lowest BCUT2D eigenvalue weighted by Gasteiger charge is -2.12. The fourth-order valence-electron chi connectivity index (χ4n) is 1.96. The maximum absolute atomic E-state index is 13.9. The van der Waals surface area contributed by atoms with Crippen molar-refractivity contribution in [3.8, 4) is 0 Å². The molecule has 6 nitrogen and oxygen atoms in total. The van der Waals surface area contributed by atoms with Gasteiger partial charge in [-0.2, -0.15) is 13.2 Å². The number of nitrogens with two attached hydrogens (primary N) is 2. The fourth-order valence-corrected chi connectivity index (χ4v) is 1.96. The summed E-state index contributed by atoms with van der Waals surface area (Å²) in [6.07, 6.45) is -4.96. The number of carbonyl (C=O) groups excluding carboxylic acids is 2. The predicted octanol–water partition coefficient (Wildman–Crippen LogP) is 2.18. The van der Waals surface area contributed by atoms with Crippen LogP contribution in [-0.4, -0.2) is 30.7 Å². The number of nitrogens with zero attached hydrogens (tertiary/aromatic N) is 1. The highest BCUT2D eigenvalue weighted by Gasteiger charge is 2.35. The van der Waals surface area contributed by atoms with Crippen LogP contribution in [0.3, 0.4) is 0 Å². The van der Waals surface area contributed by atoms with Gasteiger partial charge in [-0.15, -0.1) is 0 Å². The molecule has 0 atom stereocenters. The highest BCUT2D eigenvalue weighted by Crippen LogP contribution is 2.32. The summed E-state index contributed by atoms with van der Waals surface area (Å²) in [6.45, 7) is 2.27. The number of rotatable bonds is 6. The number of hydrogen-bond donors (Lipinski definition) is 2. The van der Waals surface area contributed by atoms with E-state index in [1.165, 1.54) is 6.92 Å². The SMILES string of the molecule is CCN=C(N)C(C(=O)OCC(=O)c1cccc(C(F)(F)F)c1F)=C(C)N. The molecule has 0 heterocycles. The quantitative estimate of drug-likeness (QED) is 0.198. The molecule has 0 fully saturated rings. The van der Waals surface area contributed by atoms with Gasteiger partial charge in [-0.05, 0) is 26.0 Å². The molecule has 0 amide bonds. The van der Waals surface area contributed by atoms with Crippen LogP contribution < -0.4 is 11.5 Å². The minimum absolute atomic E-state index is 0.0256. The van der Waals surface area contributed by atoms with Gasteiger partial charge in [-0.25, -0.2) is 9.18 Å². The number of ether oxygens (including phenoxy) is 1. The van der Waals surface area contributed by atoms with Crippen LogP contribution in [0, 0.1) is 5.82 Å². The van der Waals surface area contributed by atoms with Gasteiger partial charge < -0.3 is 16.2 Å². The average Bonchev–Trinajstić information content (AvgIpc) is 2.51. The zero-order valence-electron chi connectivity index (χ0n) is 14.0. The van der Waals surface area contributed by atoms with Gasteiger partial charge >= 0.3 is 12.1 Å². The van der Waals surface area contributed by atoms with Crippen LogP contribution in [0.15, 0.2) is 34.5 Å². The number of aliphatic imine (C=N–C) groups is 1. The molecule has 0 unspecified atom stereocenters. The highest BCUT2D eigenvalue weighted by molar-refractivity contribution is 6.19. The Labute approximate surface area is 146 Å². The molecule has 0 bridgehead atoms. The van der Waals surface area contributed by atoms with Crippen molar-refractivity contribution >= 4 is 17.6 Å². The summed E-state index contributed by atoms with van der Waals surface area (Å²) < 4.78 is 56.6. The lowest BCUT2D eigenvalue weighted by atomic mass is 10.1. The van der Waals surface area contributed by atoms with E-state index >= 15 is 0 Å². The maximum atomic E-state index is 13.9. The molecule has 0 aliphatic heterocycles. The van der Waals surface area contributed by atoms with E-state index in [1.807, 2.05) is 0 Å². The molecule has 0 saturated heterocycles. The number of allylic oxidation sites excluding steroid dienone is 1. The first-order chi connectivity index (χ1) is 12.0. The van der Waals surface area contributed by atoms with E-state index in [2.05, 4.69) is 4.99 Å². The van der Waals surface area contributed by atoms with Gasteiger partial charge in [0.1, 0.15) is 17.2 Å². The number of hydrogen-bond acceptors (Lipinski definition) is 5. The Morgan fingerprint density at radius 3 is 2.35 bits per heavy atom. The molecule has 0 spiro atoms. The van der Waals surface area contributed by atoms with E-state index in [0.717, 1.165) is 12.1 Å². The van der Waals surface area contributed by atoms with E-state index < -0.39 is 41.5 Å². The minimum Gasteiger partial charge on any atom is -0.454 e.